The Balaban J connectivity index is 1.54. The van der Waals surface area contributed by atoms with Gasteiger partial charge in [-0.05, 0) is 56.3 Å². The summed E-state index contributed by atoms with van der Waals surface area (Å²) in [7, 11) is 0. The average Bonchev–Trinajstić information content (AvgIpc) is 3.36. The molecule has 1 N–H and O–H groups in total. The van der Waals surface area contributed by atoms with Crippen molar-refractivity contribution in [2.45, 2.75) is 51.4 Å². The number of aliphatic hydroxyl groups is 1. The van der Waals surface area contributed by atoms with Crippen LogP contribution in [0.5, 0.6) is 0 Å². The lowest BCUT2D eigenvalue weighted by molar-refractivity contribution is 0.119. The van der Waals surface area contributed by atoms with Crippen molar-refractivity contribution in [2.75, 3.05) is 6.54 Å². The lowest BCUT2D eigenvalue weighted by atomic mass is 10.1. The molecule has 0 bridgehead atoms. The minimum atomic E-state index is -0.414. The summed E-state index contributed by atoms with van der Waals surface area (Å²) in [5, 5.41) is 12.5. The summed E-state index contributed by atoms with van der Waals surface area (Å²) in [6.07, 6.45) is 2.54. The second kappa shape index (κ2) is 7.47. The number of fused-ring (bicyclic) bond motifs is 1. The number of aromatic nitrogens is 2. The fraction of sp³-hybridized carbons (Fsp3) is 0.450. The number of para-hydroxylation sites is 1. The van der Waals surface area contributed by atoms with Crippen LogP contribution in [0.15, 0.2) is 35.7 Å². The highest BCUT2D eigenvalue weighted by Gasteiger charge is 2.29. The number of hydrogen-bond donors (Lipinski definition) is 1. The van der Waals surface area contributed by atoms with E-state index in [2.05, 4.69) is 21.4 Å². The quantitative estimate of drug-likeness (QED) is 0.699. The SMILES string of the molecule is CCn1c(CN2CCC[C@@H]2C[C@@H](O)c2cccs2)nc2c(F)cccc21. The van der Waals surface area contributed by atoms with Crippen LogP contribution in [0.2, 0.25) is 0 Å². The van der Waals surface area contributed by atoms with Crippen molar-refractivity contribution < 1.29 is 9.50 Å². The number of halogens is 1. The smallest absolute Gasteiger partial charge is 0.151 e. The summed E-state index contributed by atoms with van der Waals surface area (Å²) in [6, 6.07) is 9.45. The molecule has 0 amide bonds. The average molecular weight is 373 g/mol. The molecule has 26 heavy (non-hydrogen) atoms. The van der Waals surface area contributed by atoms with Crippen molar-refractivity contribution in [3.05, 3.63) is 52.2 Å². The Hall–Kier alpha value is -1.76. The fourth-order valence-corrected chi connectivity index (χ4v) is 4.77. The normalized spacial score (nSPS) is 19.4. The van der Waals surface area contributed by atoms with Gasteiger partial charge in [-0.2, -0.15) is 0 Å². The first-order valence-corrected chi connectivity index (χ1v) is 10.1. The summed E-state index contributed by atoms with van der Waals surface area (Å²) in [4.78, 5) is 8.01. The number of benzene rings is 1. The summed E-state index contributed by atoms with van der Waals surface area (Å²) in [5.41, 5.74) is 1.32. The first-order valence-electron chi connectivity index (χ1n) is 9.26. The van der Waals surface area contributed by atoms with Crippen LogP contribution in [0.25, 0.3) is 11.0 Å². The maximum absolute atomic E-state index is 14.1. The van der Waals surface area contributed by atoms with Crippen LogP contribution in [-0.2, 0) is 13.1 Å². The van der Waals surface area contributed by atoms with E-state index < -0.39 is 6.10 Å². The van der Waals surface area contributed by atoms with E-state index in [1.54, 1.807) is 17.4 Å². The molecule has 2 aromatic heterocycles. The Morgan fingerprint density at radius 1 is 1.35 bits per heavy atom. The molecule has 0 aliphatic carbocycles. The predicted molar refractivity (Wildman–Crippen MR) is 103 cm³/mol. The second-order valence-electron chi connectivity index (χ2n) is 6.91. The van der Waals surface area contributed by atoms with Crippen LogP contribution in [0.4, 0.5) is 4.39 Å². The molecular formula is C20H24FN3OS. The molecule has 6 heteroatoms. The van der Waals surface area contributed by atoms with E-state index in [-0.39, 0.29) is 5.82 Å². The molecule has 1 fully saturated rings. The van der Waals surface area contributed by atoms with Crippen molar-refractivity contribution in [2.24, 2.45) is 0 Å². The van der Waals surface area contributed by atoms with Gasteiger partial charge in [0, 0.05) is 17.5 Å². The van der Waals surface area contributed by atoms with Crippen LogP contribution in [0.3, 0.4) is 0 Å². The number of aryl methyl sites for hydroxylation is 1. The van der Waals surface area contributed by atoms with Crippen LogP contribution >= 0.6 is 11.3 Å². The molecule has 3 heterocycles. The van der Waals surface area contributed by atoms with E-state index in [4.69, 9.17) is 0 Å². The predicted octanol–water partition coefficient (Wildman–Crippen LogP) is 4.34. The van der Waals surface area contributed by atoms with E-state index in [1.165, 1.54) is 6.07 Å². The number of aliphatic hydroxyl groups excluding tert-OH is 1. The van der Waals surface area contributed by atoms with E-state index in [1.807, 2.05) is 23.6 Å². The van der Waals surface area contributed by atoms with Crippen molar-refractivity contribution in [1.82, 2.24) is 14.5 Å². The number of nitrogens with zero attached hydrogens (tertiary/aromatic N) is 3. The molecule has 138 valence electrons. The molecule has 4 nitrogen and oxygen atoms in total. The van der Waals surface area contributed by atoms with Crippen LogP contribution in [-0.4, -0.2) is 32.1 Å². The van der Waals surface area contributed by atoms with Gasteiger partial charge in [0.05, 0.1) is 18.2 Å². The maximum Gasteiger partial charge on any atom is 0.151 e. The Morgan fingerprint density at radius 2 is 2.23 bits per heavy atom. The Morgan fingerprint density at radius 3 is 3.00 bits per heavy atom. The molecular weight excluding hydrogens is 349 g/mol. The Kier molecular flexibility index (Phi) is 5.07. The van der Waals surface area contributed by atoms with Crippen molar-refractivity contribution in [3.63, 3.8) is 0 Å². The van der Waals surface area contributed by atoms with Gasteiger partial charge in [0.15, 0.2) is 5.82 Å². The lowest BCUT2D eigenvalue weighted by Gasteiger charge is -2.26. The number of likely N-dealkylation sites (tertiary alicyclic amines) is 1. The molecule has 1 saturated heterocycles. The van der Waals surface area contributed by atoms with Crippen molar-refractivity contribution >= 4 is 22.4 Å². The molecule has 0 saturated carbocycles. The molecule has 2 atom stereocenters. The van der Waals surface area contributed by atoms with Crippen molar-refractivity contribution in [1.29, 1.82) is 0 Å². The largest absolute Gasteiger partial charge is 0.388 e. The lowest BCUT2D eigenvalue weighted by Crippen LogP contribution is -2.31. The third-order valence-electron chi connectivity index (χ3n) is 5.34. The molecule has 1 aromatic carbocycles. The highest BCUT2D eigenvalue weighted by Crippen LogP contribution is 2.31. The van der Waals surface area contributed by atoms with Crippen LogP contribution in [0.1, 0.15) is 43.0 Å². The van der Waals surface area contributed by atoms with Gasteiger partial charge < -0.3 is 9.67 Å². The van der Waals surface area contributed by atoms with Crippen LogP contribution in [0, 0.1) is 5.82 Å². The topological polar surface area (TPSA) is 41.3 Å². The molecule has 4 rings (SSSR count). The monoisotopic (exact) mass is 373 g/mol. The summed E-state index contributed by atoms with van der Waals surface area (Å²) in [6.45, 7) is 4.53. The highest BCUT2D eigenvalue weighted by molar-refractivity contribution is 7.10. The maximum atomic E-state index is 14.1. The first kappa shape index (κ1) is 17.6. The van der Waals surface area contributed by atoms with Gasteiger partial charge in [0.1, 0.15) is 11.3 Å². The van der Waals surface area contributed by atoms with E-state index >= 15 is 0 Å². The van der Waals surface area contributed by atoms with E-state index in [9.17, 15) is 9.50 Å². The van der Waals surface area contributed by atoms with Gasteiger partial charge in [-0.1, -0.05) is 12.1 Å². The summed E-state index contributed by atoms with van der Waals surface area (Å²) >= 11 is 1.60. The van der Waals surface area contributed by atoms with Crippen molar-refractivity contribution in [3.8, 4) is 0 Å². The van der Waals surface area contributed by atoms with Gasteiger partial charge in [-0.25, -0.2) is 9.37 Å². The molecule has 0 unspecified atom stereocenters. The number of imidazole rings is 1. The zero-order chi connectivity index (χ0) is 18.1. The molecule has 3 aromatic rings. The summed E-state index contributed by atoms with van der Waals surface area (Å²) < 4.78 is 16.2. The van der Waals surface area contributed by atoms with Gasteiger partial charge in [0.25, 0.3) is 0 Å². The fourth-order valence-electron chi connectivity index (χ4n) is 4.04. The van der Waals surface area contributed by atoms with Gasteiger partial charge in [-0.15, -0.1) is 11.3 Å². The highest BCUT2D eigenvalue weighted by atomic mass is 32.1. The summed E-state index contributed by atoms with van der Waals surface area (Å²) in [5.74, 6) is 0.646. The van der Waals surface area contributed by atoms with Crippen LogP contribution < -0.4 is 0 Å². The molecule has 0 radical (unpaired) electrons. The Labute approximate surface area is 156 Å². The molecule has 1 aliphatic rings. The second-order valence-corrected chi connectivity index (χ2v) is 7.89. The Bertz CT molecular complexity index is 877. The van der Waals surface area contributed by atoms with Gasteiger partial charge in [-0.3, -0.25) is 4.90 Å². The number of hydrogen-bond acceptors (Lipinski definition) is 4. The van der Waals surface area contributed by atoms with E-state index in [0.717, 1.165) is 48.6 Å². The third-order valence-corrected chi connectivity index (χ3v) is 6.31. The molecule has 1 aliphatic heterocycles. The third kappa shape index (κ3) is 3.29. The minimum Gasteiger partial charge on any atom is -0.388 e. The minimum absolute atomic E-state index is 0.262. The van der Waals surface area contributed by atoms with E-state index in [0.29, 0.717) is 18.1 Å². The number of rotatable bonds is 6. The van der Waals surface area contributed by atoms with Gasteiger partial charge >= 0.3 is 0 Å². The zero-order valence-electron chi connectivity index (χ0n) is 14.9. The van der Waals surface area contributed by atoms with Gasteiger partial charge in [0.2, 0.25) is 0 Å². The number of thiophene rings is 1. The molecule has 0 spiro atoms. The standard InChI is InChI=1S/C20H24FN3OS/c1-2-24-16-8-3-7-15(21)20(16)22-19(24)13-23-10-4-6-14(23)12-17(25)18-9-5-11-26-18/h3,5,7-9,11,14,17,25H,2,4,6,10,12-13H2,1H3/t14-,17-/m1/s1. The zero-order valence-corrected chi connectivity index (χ0v) is 15.8. The first-order chi connectivity index (χ1) is 12.7.